The van der Waals surface area contributed by atoms with Gasteiger partial charge in [0.2, 0.25) is 0 Å². The molecule has 1 unspecified atom stereocenters. The average molecular weight is 354 g/mol. The number of alkyl halides is 2. The minimum absolute atomic E-state index is 0.232. The molecular formula is C15H14Br2. The predicted molar refractivity (Wildman–Crippen MR) is 81.0 cm³/mol. The van der Waals surface area contributed by atoms with Crippen molar-refractivity contribution in [3.8, 4) is 0 Å². The van der Waals surface area contributed by atoms with E-state index in [9.17, 15) is 0 Å². The summed E-state index contributed by atoms with van der Waals surface area (Å²) < 4.78 is 0.232. The summed E-state index contributed by atoms with van der Waals surface area (Å²) >= 11 is 7.01. The highest BCUT2D eigenvalue weighted by Crippen LogP contribution is 2.31. The van der Waals surface area contributed by atoms with Gasteiger partial charge in [-0.1, -0.05) is 93.4 Å². The lowest BCUT2D eigenvalue weighted by Gasteiger charge is -2.13. The van der Waals surface area contributed by atoms with Gasteiger partial charge in [-0.15, -0.1) is 0 Å². The third kappa shape index (κ3) is 3.20. The Hall–Kier alpha value is -0.600. The molecule has 0 amide bonds. The zero-order valence-electron chi connectivity index (χ0n) is 9.61. The molecule has 0 bridgehead atoms. The van der Waals surface area contributed by atoms with Crippen LogP contribution in [0.15, 0.2) is 54.6 Å². The maximum Gasteiger partial charge on any atom is 0.0946 e. The van der Waals surface area contributed by atoms with Crippen molar-refractivity contribution in [2.75, 3.05) is 0 Å². The lowest BCUT2D eigenvalue weighted by atomic mass is 9.93. The molecule has 0 spiro atoms. The van der Waals surface area contributed by atoms with E-state index in [0.29, 0.717) is 5.92 Å². The Morgan fingerprint density at radius 2 is 1.18 bits per heavy atom. The van der Waals surface area contributed by atoms with Gasteiger partial charge in [-0.25, -0.2) is 0 Å². The van der Waals surface area contributed by atoms with Crippen molar-refractivity contribution in [3.63, 3.8) is 0 Å². The lowest BCUT2D eigenvalue weighted by Crippen LogP contribution is -1.95. The van der Waals surface area contributed by atoms with Crippen LogP contribution in [0.4, 0.5) is 0 Å². The van der Waals surface area contributed by atoms with E-state index >= 15 is 0 Å². The maximum absolute atomic E-state index is 3.51. The van der Waals surface area contributed by atoms with E-state index in [4.69, 9.17) is 0 Å². The molecule has 0 radical (unpaired) electrons. The van der Waals surface area contributed by atoms with Crippen molar-refractivity contribution < 1.29 is 0 Å². The molecule has 2 heteroatoms. The smallest absolute Gasteiger partial charge is 0.0712 e. The first-order chi connectivity index (χ1) is 8.18. The molecule has 0 aliphatic heterocycles. The molecule has 1 atom stereocenters. The van der Waals surface area contributed by atoms with E-state index in [1.165, 1.54) is 16.7 Å². The Bertz CT molecular complexity index is 460. The molecule has 0 aliphatic rings. The first-order valence-corrected chi connectivity index (χ1v) is 7.44. The molecule has 0 nitrogen and oxygen atoms in total. The highest BCUT2D eigenvalue weighted by atomic mass is 79.9. The van der Waals surface area contributed by atoms with E-state index in [1.54, 1.807) is 0 Å². The third-order valence-electron chi connectivity index (χ3n) is 2.99. The second-order valence-corrected chi connectivity index (χ2v) is 7.16. The molecule has 0 aliphatic carbocycles. The molecule has 0 saturated carbocycles. The van der Waals surface area contributed by atoms with E-state index in [-0.39, 0.29) is 3.74 Å². The number of benzene rings is 2. The summed E-state index contributed by atoms with van der Waals surface area (Å²) in [5, 5.41) is 0. The topological polar surface area (TPSA) is 0 Å². The Morgan fingerprint density at radius 3 is 1.71 bits per heavy atom. The molecule has 0 heterocycles. The second-order valence-electron chi connectivity index (χ2n) is 4.10. The minimum Gasteiger partial charge on any atom is -0.0712 e. The lowest BCUT2D eigenvalue weighted by molar-refractivity contribution is 0.921. The number of halogens is 2. The van der Waals surface area contributed by atoms with Gasteiger partial charge in [-0.3, -0.25) is 0 Å². The Morgan fingerprint density at radius 1 is 0.706 bits per heavy atom. The molecule has 88 valence electrons. The van der Waals surface area contributed by atoms with Crippen molar-refractivity contribution in [2.24, 2.45) is 0 Å². The molecule has 17 heavy (non-hydrogen) atoms. The Kier molecular flexibility index (Phi) is 4.41. The van der Waals surface area contributed by atoms with Crippen LogP contribution in [0.5, 0.6) is 0 Å². The third-order valence-corrected chi connectivity index (χ3v) is 4.05. The van der Waals surface area contributed by atoms with E-state index in [2.05, 4.69) is 93.4 Å². The van der Waals surface area contributed by atoms with E-state index < -0.39 is 0 Å². The Labute approximate surface area is 119 Å². The molecule has 2 rings (SSSR count). The standard InChI is InChI=1S/C15H14Br2/c1-11(12-5-3-2-4-6-12)13-7-9-14(10-8-13)15(16)17/h2-11,15H,1H3. The van der Waals surface area contributed by atoms with Gasteiger partial charge >= 0.3 is 0 Å². The summed E-state index contributed by atoms with van der Waals surface area (Å²) in [7, 11) is 0. The van der Waals surface area contributed by atoms with Crippen molar-refractivity contribution in [1.29, 1.82) is 0 Å². The summed E-state index contributed by atoms with van der Waals surface area (Å²) in [6.45, 7) is 2.24. The highest BCUT2D eigenvalue weighted by molar-refractivity contribution is 9.24. The van der Waals surface area contributed by atoms with Crippen LogP contribution in [0.2, 0.25) is 0 Å². The van der Waals surface area contributed by atoms with Crippen LogP contribution >= 0.6 is 31.9 Å². The van der Waals surface area contributed by atoms with Gasteiger partial charge in [0.25, 0.3) is 0 Å². The molecule has 2 aromatic carbocycles. The second kappa shape index (κ2) is 5.83. The van der Waals surface area contributed by atoms with Crippen LogP contribution in [-0.4, -0.2) is 0 Å². The van der Waals surface area contributed by atoms with Crippen LogP contribution in [0, 0.1) is 0 Å². The van der Waals surface area contributed by atoms with Crippen molar-refractivity contribution in [3.05, 3.63) is 71.3 Å². The largest absolute Gasteiger partial charge is 0.0946 e. The molecule has 0 aromatic heterocycles. The maximum atomic E-state index is 3.51. The quantitative estimate of drug-likeness (QED) is 0.627. The minimum atomic E-state index is 0.232. The van der Waals surface area contributed by atoms with Crippen LogP contribution in [0.25, 0.3) is 0 Å². The number of hydrogen-bond acceptors (Lipinski definition) is 0. The average Bonchev–Trinajstić information content (AvgIpc) is 2.39. The highest BCUT2D eigenvalue weighted by Gasteiger charge is 2.08. The fourth-order valence-corrected chi connectivity index (χ4v) is 2.47. The van der Waals surface area contributed by atoms with Crippen LogP contribution in [0.1, 0.15) is 33.3 Å². The monoisotopic (exact) mass is 352 g/mol. The first kappa shape index (κ1) is 12.8. The van der Waals surface area contributed by atoms with Gasteiger partial charge in [0, 0.05) is 5.92 Å². The van der Waals surface area contributed by atoms with Gasteiger partial charge in [-0.05, 0) is 16.7 Å². The summed E-state index contributed by atoms with van der Waals surface area (Å²) in [5.41, 5.74) is 3.95. The van der Waals surface area contributed by atoms with Crippen LogP contribution in [0.3, 0.4) is 0 Å². The summed E-state index contributed by atoms with van der Waals surface area (Å²) in [6, 6.07) is 19.3. The van der Waals surface area contributed by atoms with Crippen LogP contribution in [-0.2, 0) is 0 Å². The van der Waals surface area contributed by atoms with Crippen molar-refractivity contribution >= 4 is 31.9 Å². The zero-order valence-corrected chi connectivity index (χ0v) is 12.8. The van der Waals surface area contributed by atoms with Crippen molar-refractivity contribution in [1.82, 2.24) is 0 Å². The SMILES string of the molecule is CC(c1ccccc1)c1ccc(C(Br)Br)cc1. The van der Waals surface area contributed by atoms with Gasteiger partial charge < -0.3 is 0 Å². The first-order valence-electron chi connectivity index (χ1n) is 5.61. The van der Waals surface area contributed by atoms with Gasteiger partial charge in [0.05, 0.1) is 3.74 Å². The summed E-state index contributed by atoms with van der Waals surface area (Å²) in [6.07, 6.45) is 0. The van der Waals surface area contributed by atoms with Crippen molar-refractivity contribution in [2.45, 2.75) is 16.6 Å². The molecule has 0 N–H and O–H groups in total. The van der Waals surface area contributed by atoms with Crippen LogP contribution < -0.4 is 0 Å². The number of rotatable bonds is 3. The number of hydrogen-bond donors (Lipinski definition) is 0. The van der Waals surface area contributed by atoms with E-state index in [0.717, 1.165) is 0 Å². The van der Waals surface area contributed by atoms with E-state index in [1.807, 2.05) is 0 Å². The predicted octanol–water partition coefficient (Wildman–Crippen LogP) is 5.63. The summed E-state index contributed by atoms with van der Waals surface area (Å²) in [5.74, 6) is 0.439. The summed E-state index contributed by atoms with van der Waals surface area (Å²) in [4.78, 5) is 0. The zero-order chi connectivity index (χ0) is 12.3. The van der Waals surface area contributed by atoms with Gasteiger partial charge in [0.15, 0.2) is 0 Å². The fourth-order valence-electron chi connectivity index (χ4n) is 1.86. The van der Waals surface area contributed by atoms with Gasteiger partial charge in [-0.2, -0.15) is 0 Å². The Balaban J connectivity index is 2.23. The molecular weight excluding hydrogens is 340 g/mol. The molecule has 2 aromatic rings. The fraction of sp³-hybridized carbons (Fsp3) is 0.200. The molecule has 0 fully saturated rings. The molecule has 0 saturated heterocycles. The van der Waals surface area contributed by atoms with Gasteiger partial charge in [0.1, 0.15) is 0 Å². The normalized spacial score (nSPS) is 12.7.